The van der Waals surface area contributed by atoms with E-state index in [9.17, 15) is 14.4 Å². The zero-order chi connectivity index (χ0) is 20.4. The van der Waals surface area contributed by atoms with Gasteiger partial charge in [0.25, 0.3) is 11.8 Å². The Hall–Kier alpha value is -2.64. The molecule has 8 nitrogen and oxygen atoms in total. The highest BCUT2D eigenvalue weighted by Crippen LogP contribution is 2.36. The average molecular weight is 387 g/mol. The number of carbonyl (C=O) groups is 3. The van der Waals surface area contributed by atoms with Crippen LogP contribution in [0.2, 0.25) is 0 Å². The van der Waals surface area contributed by atoms with Crippen LogP contribution < -0.4 is 21.5 Å². The molecule has 0 spiro atoms. The maximum atomic E-state index is 12.6. The summed E-state index contributed by atoms with van der Waals surface area (Å²) in [5, 5.41) is 6.01. The van der Waals surface area contributed by atoms with Crippen LogP contribution in [0.1, 0.15) is 63.2 Å². The van der Waals surface area contributed by atoms with E-state index >= 15 is 0 Å². The number of pyridine rings is 1. The number of nitrogens with one attached hydrogen (secondary N) is 4. The van der Waals surface area contributed by atoms with E-state index in [0.29, 0.717) is 29.8 Å². The Morgan fingerprint density at radius 1 is 1.14 bits per heavy atom. The summed E-state index contributed by atoms with van der Waals surface area (Å²) in [6, 6.07) is 3.61. The van der Waals surface area contributed by atoms with Crippen LogP contribution >= 0.6 is 0 Å². The number of hydrazine groups is 1. The van der Waals surface area contributed by atoms with Gasteiger partial charge in [0, 0.05) is 18.8 Å². The number of nitrogens with zero attached hydrogens (tertiary/aromatic N) is 1. The summed E-state index contributed by atoms with van der Waals surface area (Å²) in [7, 11) is 0. The molecule has 28 heavy (non-hydrogen) atoms. The van der Waals surface area contributed by atoms with Crippen LogP contribution in [0.15, 0.2) is 18.3 Å². The molecule has 1 unspecified atom stereocenters. The largest absolute Gasteiger partial charge is 0.367 e. The first-order valence-electron chi connectivity index (χ1n) is 9.82. The van der Waals surface area contributed by atoms with E-state index in [1.54, 1.807) is 25.3 Å². The lowest BCUT2D eigenvalue weighted by Crippen LogP contribution is -2.51. The molecule has 2 fully saturated rings. The molecular formula is C20H29N5O3. The Balaban J connectivity index is 1.61. The van der Waals surface area contributed by atoms with Crippen molar-refractivity contribution in [3.63, 3.8) is 0 Å². The van der Waals surface area contributed by atoms with Gasteiger partial charge >= 0.3 is 0 Å². The van der Waals surface area contributed by atoms with Gasteiger partial charge in [-0.25, -0.2) is 4.98 Å². The standard InChI is InChI=1S/C20H29N5O3/c1-19(2)8-6-13(7-9-19)23-15-14(5-4-11-21-15)16(26)24-25-18(28)20(3)10-12-22-17(20)27/h4-5,11,13H,6-10,12H2,1-3H3,(H,21,23)(H,22,27)(H,24,26)(H,25,28). The predicted octanol–water partition coefficient (Wildman–Crippen LogP) is 1.75. The summed E-state index contributed by atoms with van der Waals surface area (Å²) in [5.41, 5.74) is 4.34. The van der Waals surface area contributed by atoms with E-state index in [1.165, 1.54) is 0 Å². The average Bonchev–Trinajstić information content (AvgIpc) is 3.01. The van der Waals surface area contributed by atoms with Crippen LogP contribution in [0.5, 0.6) is 0 Å². The van der Waals surface area contributed by atoms with Gasteiger partial charge < -0.3 is 10.6 Å². The minimum absolute atomic E-state index is 0.269. The van der Waals surface area contributed by atoms with Gasteiger partial charge in [-0.15, -0.1) is 0 Å². The number of amides is 3. The maximum Gasteiger partial charge on any atom is 0.273 e. The lowest BCUT2D eigenvalue weighted by molar-refractivity contribution is -0.140. The lowest BCUT2D eigenvalue weighted by atomic mass is 9.75. The third-order valence-electron chi connectivity index (χ3n) is 5.93. The fourth-order valence-corrected chi connectivity index (χ4v) is 3.71. The van der Waals surface area contributed by atoms with Gasteiger partial charge in [0.1, 0.15) is 11.2 Å². The zero-order valence-electron chi connectivity index (χ0n) is 16.7. The van der Waals surface area contributed by atoms with Gasteiger partial charge in [0.15, 0.2) is 0 Å². The highest BCUT2D eigenvalue weighted by molar-refractivity contribution is 6.07. The smallest absolute Gasteiger partial charge is 0.273 e. The van der Waals surface area contributed by atoms with Crippen molar-refractivity contribution in [1.29, 1.82) is 0 Å². The summed E-state index contributed by atoms with van der Waals surface area (Å²) in [6.45, 7) is 6.57. The van der Waals surface area contributed by atoms with E-state index in [1.807, 2.05) is 0 Å². The van der Waals surface area contributed by atoms with Gasteiger partial charge in [-0.1, -0.05) is 13.8 Å². The second-order valence-corrected chi connectivity index (χ2v) is 8.73. The van der Waals surface area contributed by atoms with Crippen molar-refractivity contribution in [3.05, 3.63) is 23.9 Å². The molecule has 1 saturated carbocycles. The van der Waals surface area contributed by atoms with Gasteiger partial charge in [-0.05, 0) is 56.6 Å². The van der Waals surface area contributed by atoms with E-state index in [0.717, 1.165) is 25.7 Å². The quantitative estimate of drug-likeness (QED) is 0.464. The van der Waals surface area contributed by atoms with Crippen molar-refractivity contribution < 1.29 is 14.4 Å². The van der Waals surface area contributed by atoms with Crippen LogP contribution in [-0.2, 0) is 9.59 Å². The van der Waals surface area contributed by atoms with E-state index in [2.05, 4.69) is 40.3 Å². The third kappa shape index (κ3) is 4.26. The van der Waals surface area contributed by atoms with Crippen molar-refractivity contribution in [1.82, 2.24) is 21.2 Å². The Kier molecular flexibility index (Phi) is 5.58. The van der Waals surface area contributed by atoms with Gasteiger partial charge in [0.05, 0.1) is 5.56 Å². The molecule has 3 amide bonds. The molecule has 1 aromatic rings. The van der Waals surface area contributed by atoms with E-state index < -0.39 is 17.2 Å². The number of aromatic nitrogens is 1. The SMILES string of the molecule is CC1(C)CCC(Nc2ncccc2C(=O)NNC(=O)C2(C)CCNC2=O)CC1. The molecule has 2 aliphatic rings. The third-order valence-corrected chi connectivity index (χ3v) is 5.93. The predicted molar refractivity (Wildman–Crippen MR) is 105 cm³/mol. The van der Waals surface area contributed by atoms with Crippen molar-refractivity contribution in [2.45, 2.75) is 58.9 Å². The number of anilines is 1. The van der Waals surface area contributed by atoms with Crippen molar-refractivity contribution in [2.24, 2.45) is 10.8 Å². The molecule has 0 radical (unpaired) electrons. The van der Waals surface area contributed by atoms with Gasteiger partial charge in [-0.3, -0.25) is 25.2 Å². The van der Waals surface area contributed by atoms with Crippen LogP contribution in [-0.4, -0.2) is 35.3 Å². The van der Waals surface area contributed by atoms with Gasteiger partial charge in [0.2, 0.25) is 5.91 Å². The monoisotopic (exact) mass is 387 g/mol. The topological polar surface area (TPSA) is 112 Å². The molecule has 2 heterocycles. The second kappa shape index (κ2) is 7.77. The Labute approximate surface area is 165 Å². The molecule has 0 bridgehead atoms. The minimum Gasteiger partial charge on any atom is -0.367 e. The fourth-order valence-electron chi connectivity index (χ4n) is 3.71. The molecular weight excluding hydrogens is 358 g/mol. The first kappa shape index (κ1) is 20.1. The molecule has 152 valence electrons. The molecule has 1 aliphatic carbocycles. The Bertz CT molecular complexity index is 769. The Morgan fingerprint density at radius 3 is 2.50 bits per heavy atom. The number of carbonyl (C=O) groups excluding carboxylic acids is 3. The Morgan fingerprint density at radius 2 is 1.86 bits per heavy atom. The summed E-state index contributed by atoms with van der Waals surface area (Å²) < 4.78 is 0. The first-order chi connectivity index (χ1) is 13.2. The molecule has 4 N–H and O–H groups in total. The van der Waals surface area contributed by atoms with Crippen LogP contribution in [0, 0.1) is 10.8 Å². The molecule has 3 rings (SSSR count). The second-order valence-electron chi connectivity index (χ2n) is 8.73. The molecule has 1 saturated heterocycles. The molecule has 1 aromatic heterocycles. The van der Waals surface area contributed by atoms with Gasteiger partial charge in [-0.2, -0.15) is 0 Å². The number of hydrogen-bond donors (Lipinski definition) is 4. The molecule has 1 aliphatic heterocycles. The molecule has 1 atom stereocenters. The first-order valence-corrected chi connectivity index (χ1v) is 9.82. The lowest BCUT2D eigenvalue weighted by Gasteiger charge is -2.35. The molecule has 8 heteroatoms. The molecule has 0 aromatic carbocycles. The summed E-state index contributed by atoms with van der Waals surface area (Å²) in [6.07, 6.45) is 6.31. The van der Waals surface area contributed by atoms with Crippen molar-refractivity contribution >= 4 is 23.5 Å². The highest BCUT2D eigenvalue weighted by atomic mass is 16.2. The zero-order valence-corrected chi connectivity index (χ0v) is 16.7. The summed E-state index contributed by atoms with van der Waals surface area (Å²) in [4.78, 5) is 41.1. The number of rotatable bonds is 4. The van der Waals surface area contributed by atoms with Crippen LogP contribution in [0.4, 0.5) is 5.82 Å². The van der Waals surface area contributed by atoms with Crippen LogP contribution in [0.25, 0.3) is 0 Å². The van der Waals surface area contributed by atoms with Crippen molar-refractivity contribution in [2.75, 3.05) is 11.9 Å². The minimum atomic E-state index is -1.17. The normalized spacial score (nSPS) is 24.3. The van der Waals surface area contributed by atoms with E-state index in [4.69, 9.17) is 0 Å². The van der Waals surface area contributed by atoms with Crippen LogP contribution in [0.3, 0.4) is 0 Å². The van der Waals surface area contributed by atoms with E-state index in [-0.39, 0.29) is 11.9 Å². The summed E-state index contributed by atoms with van der Waals surface area (Å²) in [5.74, 6) is -0.821. The number of hydrogen-bond acceptors (Lipinski definition) is 5. The fraction of sp³-hybridized carbons (Fsp3) is 0.600. The summed E-state index contributed by atoms with van der Waals surface area (Å²) >= 11 is 0. The van der Waals surface area contributed by atoms with Crippen molar-refractivity contribution in [3.8, 4) is 0 Å². The highest BCUT2D eigenvalue weighted by Gasteiger charge is 2.44. The maximum absolute atomic E-state index is 12.6.